The van der Waals surface area contributed by atoms with Crippen LogP contribution in [0.15, 0.2) is 53.0 Å². The molecule has 0 bridgehead atoms. The average molecular weight is 398 g/mol. The van der Waals surface area contributed by atoms with E-state index >= 15 is 0 Å². The Morgan fingerprint density at radius 2 is 1.78 bits per heavy atom. The van der Waals surface area contributed by atoms with Crippen molar-refractivity contribution in [1.29, 1.82) is 0 Å². The first-order valence-electron chi connectivity index (χ1n) is 6.45. The fourth-order valence-corrected chi connectivity index (χ4v) is 2.15. The lowest BCUT2D eigenvalue weighted by Crippen LogP contribution is -2.40. The first-order chi connectivity index (χ1) is 11.0. The summed E-state index contributed by atoms with van der Waals surface area (Å²) >= 11 is 9.10. The highest BCUT2D eigenvalue weighted by Gasteiger charge is 2.07. The molecule has 0 aromatic heterocycles. The minimum absolute atomic E-state index is 0.101. The van der Waals surface area contributed by atoms with Gasteiger partial charge >= 0.3 is 0 Å². The lowest BCUT2D eigenvalue weighted by molar-refractivity contribution is -0.117. The van der Waals surface area contributed by atoms with Crippen LogP contribution in [-0.4, -0.2) is 11.8 Å². The van der Waals surface area contributed by atoms with E-state index in [-0.39, 0.29) is 10.6 Å². The van der Waals surface area contributed by atoms with E-state index in [2.05, 4.69) is 26.8 Å². The molecule has 0 aliphatic heterocycles. The van der Waals surface area contributed by atoms with Crippen molar-refractivity contribution in [1.82, 2.24) is 10.9 Å². The molecule has 0 aliphatic carbocycles. The van der Waals surface area contributed by atoms with Crippen LogP contribution < -0.4 is 10.9 Å². The number of amides is 2. The second-order valence-corrected chi connectivity index (χ2v) is 5.74. The van der Waals surface area contributed by atoms with E-state index in [1.54, 1.807) is 24.3 Å². The van der Waals surface area contributed by atoms with Crippen LogP contribution in [0.1, 0.15) is 15.9 Å². The zero-order valence-electron chi connectivity index (χ0n) is 11.6. The standard InChI is InChI=1S/C16H11BrClFN2O2/c17-11-6-4-10(5-7-11)16(23)21-20-15(22)9-8-12-13(18)2-1-3-14(12)19/h1-9H,(H,20,22)(H,21,23)/b9-8+. The molecule has 0 aliphatic rings. The van der Waals surface area contributed by atoms with Crippen molar-refractivity contribution < 1.29 is 14.0 Å². The fraction of sp³-hybridized carbons (Fsp3) is 0. The van der Waals surface area contributed by atoms with Crippen molar-refractivity contribution in [2.45, 2.75) is 0 Å². The molecule has 2 N–H and O–H groups in total. The van der Waals surface area contributed by atoms with Crippen molar-refractivity contribution in [2.75, 3.05) is 0 Å². The van der Waals surface area contributed by atoms with Gasteiger partial charge in [-0.15, -0.1) is 0 Å². The maximum absolute atomic E-state index is 13.5. The Hall–Kier alpha value is -2.18. The third kappa shape index (κ3) is 4.91. The number of hydrazine groups is 1. The Kier molecular flexibility index (Phi) is 5.90. The molecule has 7 heteroatoms. The summed E-state index contributed by atoms with van der Waals surface area (Å²) in [7, 11) is 0. The summed E-state index contributed by atoms with van der Waals surface area (Å²) < 4.78 is 14.4. The van der Waals surface area contributed by atoms with Crippen LogP contribution in [0.3, 0.4) is 0 Å². The SMILES string of the molecule is O=C(/C=C/c1c(F)cccc1Cl)NNC(=O)c1ccc(Br)cc1. The Morgan fingerprint density at radius 1 is 1.09 bits per heavy atom. The molecule has 0 saturated carbocycles. The van der Waals surface area contributed by atoms with E-state index in [0.29, 0.717) is 5.56 Å². The molecule has 2 aromatic carbocycles. The summed E-state index contributed by atoms with van der Waals surface area (Å²) in [5.74, 6) is -1.63. The van der Waals surface area contributed by atoms with Gasteiger partial charge in [-0.1, -0.05) is 33.6 Å². The molecule has 0 heterocycles. The summed E-state index contributed by atoms with van der Waals surface area (Å²) in [5, 5.41) is 0.188. The number of halogens is 3. The Morgan fingerprint density at radius 3 is 2.43 bits per heavy atom. The summed E-state index contributed by atoms with van der Waals surface area (Å²) in [6.45, 7) is 0. The predicted molar refractivity (Wildman–Crippen MR) is 90.2 cm³/mol. The molecule has 0 spiro atoms. The third-order valence-corrected chi connectivity index (χ3v) is 3.66. The summed E-state index contributed by atoms with van der Waals surface area (Å²) in [4.78, 5) is 23.4. The maximum Gasteiger partial charge on any atom is 0.269 e. The van der Waals surface area contributed by atoms with Crippen molar-refractivity contribution in [3.8, 4) is 0 Å². The van der Waals surface area contributed by atoms with Crippen LogP contribution in [0.4, 0.5) is 4.39 Å². The van der Waals surface area contributed by atoms with Crippen LogP contribution in [0.5, 0.6) is 0 Å². The van der Waals surface area contributed by atoms with Gasteiger partial charge in [-0.05, 0) is 42.5 Å². The summed E-state index contributed by atoms with van der Waals surface area (Å²) in [6, 6.07) is 10.8. The topological polar surface area (TPSA) is 58.2 Å². The minimum atomic E-state index is -0.616. The number of benzene rings is 2. The van der Waals surface area contributed by atoms with Gasteiger partial charge in [0.15, 0.2) is 0 Å². The van der Waals surface area contributed by atoms with Crippen molar-refractivity contribution in [3.05, 3.63) is 75.0 Å². The van der Waals surface area contributed by atoms with Crippen LogP contribution in [0, 0.1) is 5.82 Å². The summed E-state index contributed by atoms with van der Waals surface area (Å²) in [6.07, 6.45) is 2.31. The van der Waals surface area contributed by atoms with Crippen LogP contribution in [-0.2, 0) is 4.79 Å². The van der Waals surface area contributed by atoms with E-state index in [9.17, 15) is 14.0 Å². The molecule has 2 amide bonds. The largest absolute Gasteiger partial charge is 0.269 e. The van der Waals surface area contributed by atoms with Crippen LogP contribution in [0.2, 0.25) is 5.02 Å². The second-order valence-electron chi connectivity index (χ2n) is 4.42. The molecule has 0 unspecified atom stereocenters. The molecular weight excluding hydrogens is 387 g/mol. The molecule has 2 aromatic rings. The van der Waals surface area contributed by atoms with Crippen LogP contribution >= 0.6 is 27.5 Å². The van der Waals surface area contributed by atoms with Gasteiger partial charge in [0.25, 0.3) is 11.8 Å². The van der Waals surface area contributed by atoms with Gasteiger partial charge in [-0.25, -0.2) is 4.39 Å². The average Bonchev–Trinajstić information content (AvgIpc) is 2.53. The van der Waals surface area contributed by atoms with Crippen LogP contribution in [0.25, 0.3) is 6.08 Å². The first kappa shape index (κ1) is 17.2. The number of nitrogens with one attached hydrogen (secondary N) is 2. The fourth-order valence-electron chi connectivity index (χ4n) is 1.66. The zero-order chi connectivity index (χ0) is 16.8. The third-order valence-electron chi connectivity index (χ3n) is 2.81. The molecule has 0 fully saturated rings. The van der Waals surface area contributed by atoms with Crippen molar-refractivity contribution in [2.24, 2.45) is 0 Å². The number of carbonyl (C=O) groups excluding carboxylic acids is 2. The number of rotatable bonds is 3. The zero-order valence-corrected chi connectivity index (χ0v) is 14.0. The van der Waals surface area contributed by atoms with E-state index in [4.69, 9.17) is 11.6 Å². The van der Waals surface area contributed by atoms with Crippen molar-refractivity contribution in [3.63, 3.8) is 0 Å². The molecule has 4 nitrogen and oxygen atoms in total. The van der Waals surface area contributed by atoms with Gasteiger partial charge in [0.2, 0.25) is 0 Å². The number of hydrogen-bond acceptors (Lipinski definition) is 2. The van der Waals surface area contributed by atoms with Gasteiger partial charge in [-0.2, -0.15) is 0 Å². The highest BCUT2D eigenvalue weighted by molar-refractivity contribution is 9.10. The predicted octanol–water partition coefficient (Wildman–Crippen LogP) is 3.72. The van der Waals surface area contributed by atoms with E-state index < -0.39 is 17.6 Å². The number of carbonyl (C=O) groups is 2. The maximum atomic E-state index is 13.5. The first-order valence-corrected chi connectivity index (χ1v) is 7.62. The number of hydrogen-bond donors (Lipinski definition) is 2. The Bertz CT molecular complexity index is 743. The smallest absolute Gasteiger partial charge is 0.268 e. The quantitative estimate of drug-likeness (QED) is 0.613. The minimum Gasteiger partial charge on any atom is -0.268 e. The van der Waals surface area contributed by atoms with Gasteiger partial charge in [-0.3, -0.25) is 20.4 Å². The molecule has 2 rings (SSSR count). The van der Waals surface area contributed by atoms with E-state index in [1.807, 2.05) is 0 Å². The molecule has 0 saturated heterocycles. The molecule has 0 atom stereocenters. The molecular formula is C16H11BrClFN2O2. The highest BCUT2D eigenvalue weighted by atomic mass is 79.9. The molecule has 118 valence electrons. The van der Waals surface area contributed by atoms with Gasteiger partial charge < -0.3 is 0 Å². The van der Waals surface area contributed by atoms with E-state index in [0.717, 1.165) is 10.5 Å². The van der Waals surface area contributed by atoms with E-state index in [1.165, 1.54) is 24.3 Å². The Labute approximate surface area is 145 Å². The Balaban J connectivity index is 1.93. The van der Waals surface area contributed by atoms with Gasteiger partial charge in [0.05, 0.1) is 5.02 Å². The molecule has 23 heavy (non-hydrogen) atoms. The summed E-state index contributed by atoms with van der Waals surface area (Å²) in [5.41, 5.74) is 4.94. The lowest BCUT2D eigenvalue weighted by atomic mass is 10.2. The van der Waals surface area contributed by atoms with Gasteiger partial charge in [0, 0.05) is 21.7 Å². The lowest BCUT2D eigenvalue weighted by Gasteiger charge is -2.05. The van der Waals surface area contributed by atoms with Gasteiger partial charge in [0.1, 0.15) is 5.82 Å². The molecule has 0 radical (unpaired) electrons. The highest BCUT2D eigenvalue weighted by Crippen LogP contribution is 2.20. The second kappa shape index (κ2) is 7.89. The van der Waals surface area contributed by atoms with Crippen molar-refractivity contribution >= 4 is 45.4 Å². The monoisotopic (exact) mass is 396 g/mol. The normalized spacial score (nSPS) is 10.6.